The fraction of sp³-hybridized carbons (Fsp3) is 0.333. The molecule has 1 aromatic heterocycles. The molecule has 1 aromatic carbocycles. The molecule has 0 N–H and O–H groups in total. The zero-order chi connectivity index (χ0) is 12.0. The highest BCUT2D eigenvalue weighted by atomic mass is 16.1. The van der Waals surface area contributed by atoms with Crippen molar-refractivity contribution in [1.29, 1.82) is 0 Å². The van der Waals surface area contributed by atoms with Crippen LogP contribution in [-0.4, -0.2) is 11.3 Å². The van der Waals surface area contributed by atoms with Crippen LogP contribution in [0.2, 0.25) is 0 Å². The van der Waals surface area contributed by atoms with Crippen LogP contribution < -0.4 is 0 Å². The van der Waals surface area contributed by atoms with Gasteiger partial charge in [-0.3, -0.25) is 9.78 Å². The molecule has 0 bridgehead atoms. The molecule has 0 amide bonds. The lowest BCUT2D eigenvalue weighted by Gasteiger charge is -2.10. The van der Waals surface area contributed by atoms with E-state index in [0.717, 1.165) is 47.7 Å². The summed E-state index contributed by atoms with van der Waals surface area (Å²) < 4.78 is 0. The van der Waals surface area contributed by atoms with Crippen molar-refractivity contribution in [3.05, 3.63) is 40.1 Å². The molecule has 0 spiro atoms. The van der Waals surface area contributed by atoms with Gasteiger partial charge in [0.05, 0.1) is 5.52 Å². The summed E-state index contributed by atoms with van der Waals surface area (Å²) in [6.07, 6.45) is 4.14. The molecular formula is C15H15NO. The van der Waals surface area contributed by atoms with Crippen LogP contribution in [0.25, 0.3) is 10.9 Å². The van der Waals surface area contributed by atoms with Crippen molar-refractivity contribution >= 4 is 17.2 Å². The predicted molar refractivity (Wildman–Crippen MR) is 68.6 cm³/mol. The van der Waals surface area contributed by atoms with Crippen LogP contribution in [0.3, 0.4) is 0 Å². The summed E-state index contributed by atoms with van der Waals surface area (Å²) in [7, 11) is 0. The summed E-state index contributed by atoms with van der Waals surface area (Å²) >= 11 is 0. The number of carbonyl (C=O) groups excluding carboxylic acids is 1. The second kappa shape index (κ2) is 3.66. The lowest BCUT2D eigenvalue weighted by atomic mass is 9.98. The van der Waals surface area contributed by atoms with Gasteiger partial charge in [-0.1, -0.05) is 12.1 Å². The molecule has 86 valence electrons. The van der Waals surface area contributed by atoms with Crippen LogP contribution in [0.15, 0.2) is 12.1 Å². The maximum Gasteiger partial charge on any atom is 0.151 e. The number of fused-ring (bicyclic) bond motifs is 2. The van der Waals surface area contributed by atoms with Crippen LogP contribution in [0.4, 0.5) is 0 Å². The Morgan fingerprint density at radius 2 is 2.06 bits per heavy atom. The van der Waals surface area contributed by atoms with Crippen molar-refractivity contribution in [1.82, 2.24) is 4.98 Å². The molecule has 0 radical (unpaired) electrons. The maximum atomic E-state index is 11.3. The van der Waals surface area contributed by atoms with Gasteiger partial charge in [-0.25, -0.2) is 0 Å². The largest absolute Gasteiger partial charge is 0.298 e. The van der Waals surface area contributed by atoms with Gasteiger partial charge in [0.2, 0.25) is 0 Å². The Kier molecular flexibility index (Phi) is 2.25. The van der Waals surface area contributed by atoms with E-state index in [-0.39, 0.29) is 0 Å². The van der Waals surface area contributed by atoms with Gasteiger partial charge >= 0.3 is 0 Å². The first-order valence-electron chi connectivity index (χ1n) is 6.09. The highest BCUT2D eigenvalue weighted by molar-refractivity contribution is 5.99. The highest BCUT2D eigenvalue weighted by Gasteiger charge is 2.19. The van der Waals surface area contributed by atoms with Gasteiger partial charge in [-0.15, -0.1) is 0 Å². The van der Waals surface area contributed by atoms with E-state index in [9.17, 15) is 4.79 Å². The van der Waals surface area contributed by atoms with Crippen LogP contribution in [0, 0.1) is 13.8 Å². The number of aryl methyl sites for hydroxylation is 3. The summed E-state index contributed by atoms with van der Waals surface area (Å²) in [4.78, 5) is 16.1. The first-order chi connectivity index (χ1) is 8.22. The summed E-state index contributed by atoms with van der Waals surface area (Å²) in [6.45, 7) is 4.17. The molecule has 0 saturated heterocycles. The van der Waals surface area contributed by atoms with Gasteiger partial charge in [-0.2, -0.15) is 0 Å². The Balaban J connectivity index is 2.48. The molecule has 2 aromatic rings. The fourth-order valence-electron chi connectivity index (χ4n) is 2.74. The molecule has 17 heavy (non-hydrogen) atoms. The van der Waals surface area contributed by atoms with Gasteiger partial charge in [-0.05, 0) is 49.8 Å². The lowest BCUT2D eigenvalue weighted by molar-refractivity contribution is 0.112. The number of nitrogens with zero attached hydrogens (tertiary/aromatic N) is 1. The minimum Gasteiger partial charge on any atom is -0.298 e. The zero-order valence-electron chi connectivity index (χ0n) is 10.2. The topological polar surface area (TPSA) is 30.0 Å². The molecule has 0 unspecified atom stereocenters. The number of rotatable bonds is 1. The third kappa shape index (κ3) is 1.40. The van der Waals surface area contributed by atoms with Crippen molar-refractivity contribution < 1.29 is 4.79 Å². The molecule has 1 heterocycles. The minimum atomic E-state index is 0.866. The Hall–Kier alpha value is -1.70. The number of hydrogen-bond acceptors (Lipinski definition) is 2. The summed E-state index contributed by atoms with van der Waals surface area (Å²) in [5.74, 6) is 0. The van der Waals surface area contributed by atoms with Crippen molar-refractivity contribution in [2.45, 2.75) is 33.1 Å². The number of carbonyl (C=O) groups is 1. The average Bonchev–Trinajstić information content (AvgIpc) is 2.79. The standard InChI is InChI=1S/C15H15NO/c1-9-6-7-12-13(8-17)11-4-3-5-14(11)16-15(12)10(9)2/h6-8H,3-5H2,1-2H3. The van der Waals surface area contributed by atoms with Crippen molar-refractivity contribution in [2.24, 2.45) is 0 Å². The van der Waals surface area contributed by atoms with Crippen molar-refractivity contribution in [3.63, 3.8) is 0 Å². The lowest BCUT2D eigenvalue weighted by Crippen LogP contribution is -1.99. The molecule has 2 heteroatoms. The summed E-state index contributed by atoms with van der Waals surface area (Å²) in [5, 5.41) is 1.02. The normalized spacial score (nSPS) is 14.0. The predicted octanol–water partition coefficient (Wildman–Crippen LogP) is 3.15. The third-order valence-electron chi connectivity index (χ3n) is 3.87. The zero-order valence-corrected chi connectivity index (χ0v) is 10.2. The average molecular weight is 225 g/mol. The minimum absolute atomic E-state index is 0.866. The van der Waals surface area contributed by atoms with Crippen LogP contribution >= 0.6 is 0 Å². The highest BCUT2D eigenvalue weighted by Crippen LogP contribution is 2.30. The van der Waals surface area contributed by atoms with Crippen molar-refractivity contribution in [3.8, 4) is 0 Å². The Morgan fingerprint density at radius 1 is 1.24 bits per heavy atom. The second-order valence-corrected chi connectivity index (χ2v) is 4.83. The first-order valence-corrected chi connectivity index (χ1v) is 6.09. The molecule has 0 aliphatic heterocycles. The smallest absolute Gasteiger partial charge is 0.151 e. The second-order valence-electron chi connectivity index (χ2n) is 4.83. The number of hydrogen-bond donors (Lipinski definition) is 0. The van der Waals surface area contributed by atoms with Gasteiger partial charge in [0, 0.05) is 16.6 Å². The number of aldehydes is 1. The van der Waals surface area contributed by atoms with Crippen LogP contribution in [-0.2, 0) is 12.8 Å². The summed E-state index contributed by atoms with van der Waals surface area (Å²) in [5.41, 5.74) is 6.61. The molecule has 3 rings (SSSR count). The molecule has 0 fully saturated rings. The van der Waals surface area contributed by atoms with Gasteiger partial charge in [0.1, 0.15) is 0 Å². The first kappa shape index (κ1) is 10.5. The van der Waals surface area contributed by atoms with E-state index in [1.807, 2.05) is 6.07 Å². The molecular weight excluding hydrogens is 210 g/mol. The van der Waals surface area contributed by atoms with Gasteiger partial charge in [0.15, 0.2) is 6.29 Å². The quantitative estimate of drug-likeness (QED) is 0.698. The number of pyridine rings is 1. The van der Waals surface area contributed by atoms with Gasteiger partial charge < -0.3 is 0 Å². The Bertz CT molecular complexity index is 629. The van der Waals surface area contributed by atoms with E-state index in [2.05, 4.69) is 19.9 Å². The van der Waals surface area contributed by atoms with E-state index in [1.54, 1.807) is 0 Å². The fourth-order valence-corrected chi connectivity index (χ4v) is 2.74. The SMILES string of the molecule is Cc1ccc2c(C=O)c3c(nc2c1C)CCC3. The number of aromatic nitrogens is 1. The third-order valence-corrected chi connectivity index (χ3v) is 3.87. The van der Waals surface area contributed by atoms with Crippen LogP contribution in [0.1, 0.15) is 39.2 Å². The van der Waals surface area contributed by atoms with Crippen molar-refractivity contribution in [2.75, 3.05) is 0 Å². The molecule has 2 nitrogen and oxygen atoms in total. The Labute approximate surface area is 101 Å². The van der Waals surface area contributed by atoms with E-state index < -0.39 is 0 Å². The van der Waals surface area contributed by atoms with E-state index in [0.29, 0.717) is 0 Å². The Morgan fingerprint density at radius 3 is 2.82 bits per heavy atom. The van der Waals surface area contributed by atoms with E-state index in [4.69, 9.17) is 4.98 Å². The van der Waals surface area contributed by atoms with E-state index in [1.165, 1.54) is 16.7 Å². The number of benzene rings is 1. The van der Waals surface area contributed by atoms with E-state index >= 15 is 0 Å². The summed E-state index contributed by atoms with van der Waals surface area (Å²) in [6, 6.07) is 4.11. The maximum absolute atomic E-state index is 11.3. The van der Waals surface area contributed by atoms with Crippen LogP contribution in [0.5, 0.6) is 0 Å². The molecule has 0 atom stereocenters. The van der Waals surface area contributed by atoms with Gasteiger partial charge in [0.25, 0.3) is 0 Å². The monoisotopic (exact) mass is 225 g/mol. The molecule has 1 aliphatic carbocycles. The molecule has 0 saturated carbocycles. The molecule has 1 aliphatic rings.